The van der Waals surface area contributed by atoms with Gasteiger partial charge in [-0.2, -0.15) is 0 Å². The molecule has 0 amide bonds. The van der Waals surface area contributed by atoms with E-state index in [2.05, 4.69) is 0 Å². The van der Waals surface area contributed by atoms with E-state index in [1.807, 2.05) is 42.5 Å². The summed E-state index contributed by atoms with van der Waals surface area (Å²) in [6.45, 7) is -0.455. The highest BCUT2D eigenvalue weighted by atomic mass is 16.3. The second-order valence-electron chi connectivity index (χ2n) is 3.49. The maximum atomic E-state index is 11.6. The number of carbonyl (C=O) groups excluding carboxylic acids is 1. The van der Waals surface area contributed by atoms with Crippen LogP contribution in [0.2, 0.25) is 0 Å². The Morgan fingerprint density at radius 3 is 2.25 bits per heavy atom. The first kappa shape index (κ1) is 10.6. The van der Waals surface area contributed by atoms with Crippen LogP contribution in [0.1, 0.15) is 10.4 Å². The molecule has 2 heteroatoms. The molecule has 2 aromatic carbocycles. The molecule has 0 saturated heterocycles. The average molecular weight is 212 g/mol. The van der Waals surface area contributed by atoms with Gasteiger partial charge in [-0.15, -0.1) is 0 Å². The summed E-state index contributed by atoms with van der Waals surface area (Å²) >= 11 is 0. The van der Waals surface area contributed by atoms with Crippen LogP contribution in [0.15, 0.2) is 54.6 Å². The summed E-state index contributed by atoms with van der Waals surface area (Å²) in [5.41, 5.74) is 2.42. The van der Waals surface area contributed by atoms with E-state index in [0.717, 1.165) is 11.1 Å². The van der Waals surface area contributed by atoms with Crippen molar-refractivity contribution in [3.8, 4) is 11.1 Å². The molecule has 0 aliphatic rings. The molecule has 1 N–H and O–H groups in total. The molecule has 0 fully saturated rings. The quantitative estimate of drug-likeness (QED) is 0.794. The zero-order valence-electron chi connectivity index (χ0n) is 8.76. The lowest BCUT2D eigenvalue weighted by atomic mass is 9.97. The van der Waals surface area contributed by atoms with Gasteiger partial charge in [-0.3, -0.25) is 4.79 Å². The molecular weight excluding hydrogens is 200 g/mol. The molecule has 2 nitrogen and oxygen atoms in total. The number of carbonyl (C=O) groups is 1. The highest BCUT2D eigenvalue weighted by Crippen LogP contribution is 2.23. The number of Topliss-reactive ketones (excluding diaryl/α,β-unsaturated/α-hetero) is 1. The van der Waals surface area contributed by atoms with Crippen LogP contribution < -0.4 is 0 Å². The van der Waals surface area contributed by atoms with Gasteiger partial charge in [-0.1, -0.05) is 54.6 Å². The number of hydrogen-bond donors (Lipinski definition) is 1. The number of rotatable bonds is 3. The largest absolute Gasteiger partial charge is 0.388 e. The van der Waals surface area contributed by atoms with Crippen LogP contribution >= 0.6 is 0 Å². The maximum Gasteiger partial charge on any atom is 0.188 e. The Bertz CT molecular complexity index is 489. The van der Waals surface area contributed by atoms with Gasteiger partial charge >= 0.3 is 0 Å². The highest BCUT2D eigenvalue weighted by Gasteiger charge is 2.10. The minimum Gasteiger partial charge on any atom is -0.388 e. The van der Waals surface area contributed by atoms with E-state index in [0.29, 0.717) is 5.56 Å². The van der Waals surface area contributed by atoms with Crippen molar-refractivity contribution in [2.75, 3.05) is 6.61 Å². The van der Waals surface area contributed by atoms with E-state index >= 15 is 0 Å². The fourth-order valence-electron chi connectivity index (χ4n) is 1.68. The van der Waals surface area contributed by atoms with Crippen molar-refractivity contribution < 1.29 is 9.90 Å². The zero-order chi connectivity index (χ0) is 11.4. The van der Waals surface area contributed by atoms with Crippen molar-refractivity contribution in [1.82, 2.24) is 0 Å². The molecule has 2 rings (SSSR count). The Balaban J connectivity index is 2.53. The summed E-state index contributed by atoms with van der Waals surface area (Å²) in [6, 6.07) is 17.0. The molecule has 0 bridgehead atoms. The molecule has 80 valence electrons. The third-order valence-corrected chi connectivity index (χ3v) is 2.46. The van der Waals surface area contributed by atoms with Crippen LogP contribution in [0.4, 0.5) is 0 Å². The molecule has 2 aromatic rings. The Morgan fingerprint density at radius 1 is 0.938 bits per heavy atom. The molecular formula is C14H12O2. The zero-order valence-corrected chi connectivity index (χ0v) is 8.76. The first-order valence-electron chi connectivity index (χ1n) is 5.11. The van der Waals surface area contributed by atoms with E-state index < -0.39 is 6.61 Å². The molecule has 0 saturated carbocycles. The average Bonchev–Trinajstić information content (AvgIpc) is 2.39. The molecule has 0 heterocycles. The lowest BCUT2D eigenvalue weighted by Crippen LogP contribution is -2.05. The fourth-order valence-corrected chi connectivity index (χ4v) is 1.68. The summed E-state index contributed by atoms with van der Waals surface area (Å²) < 4.78 is 0. The van der Waals surface area contributed by atoms with Gasteiger partial charge in [0.05, 0.1) is 0 Å². The summed E-state index contributed by atoms with van der Waals surface area (Å²) in [5, 5.41) is 8.91. The molecule has 0 atom stereocenters. The number of ketones is 1. The van der Waals surface area contributed by atoms with E-state index in [9.17, 15) is 4.79 Å². The smallest absolute Gasteiger partial charge is 0.188 e. The predicted octanol–water partition coefficient (Wildman–Crippen LogP) is 2.53. The van der Waals surface area contributed by atoms with Gasteiger partial charge in [-0.25, -0.2) is 0 Å². The normalized spacial score (nSPS) is 10.1. The third-order valence-electron chi connectivity index (χ3n) is 2.46. The number of hydrogen-bond acceptors (Lipinski definition) is 2. The van der Waals surface area contributed by atoms with E-state index in [-0.39, 0.29) is 5.78 Å². The number of benzene rings is 2. The molecule has 0 radical (unpaired) electrons. The molecule has 0 spiro atoms. The predicted molar refractivity (Wildman–Crippen MR) is 63.3 cm³/mol. The van der Waals surface area contributed by atoms with Gasteiger partial charge in [0, 0.05) is 5.56 Å². The first-order chi connectivity index (χ1) is 7.83. The van der Waals surface area contributed by atoms with E-state index in [1.54, 1.807) is 12.1 Å². The van der Waals surface area contributed by atoms with Crippen molar-refractivity contribution in [3.05, 3.63) is 60.2 Å². The van der Waals surface area contributed by atoms with Crippen LogP contribution in [0.5, 0.6) is 0 Å². The van der Waals surface area contributed by atoms with Gasteiger partial charge in [0.25, 0.3) is 0 Å². The van der Waals surface area contributed by atoms with E-state index in [4.69, 9.17) is 5.11 Å². The van der Waals surface area contributed by atoms with Crippen molar-refractivity contribution in [1.29, 1.82) is 0 Å². The third kappa shape index (κ3) is 2.02. The highest BCUT2D eigenvalue weighted by molar-refractivity contribution is 6.02. The Morgan fingerprint density at radius 2 is 1.56 bits per heavy atom. The second kappa shape index (κ2) is 4.73. The Hall–Kier alpha value is -1.93. The van der Waals surface area contributed by atoms with Crippen molar-refractivity contribution in [2.45, 2.75) is 0 Å². The lowest BCUT2D eigenvalue weighted by Gasteiger charge is -2.07. The van der Waals surface area contributed by atoms with Gasteiger partial charge < -0.3 is 5.11 Å². The Kier molecular flexibility index (Phi) is 3.13. The van der Waals surface area contributed by atoms with Gasteiger partial charge in [0.15, 0.2) is 5.78 Å². The molecule has 0 aliphatic heterocycles. The summed E-state index contributed by atoms with van der Waals surface area (Å²) in [5.74, 6) is -0.251. The molecule has 0 unspecified atom stereocenters. The molecule has 16 heavy (non-hydrogen) atoms. The van der Waals surface area contributed by atoms with Crippen LogP contribution in [0.3, 0.4) is 0 Å². The van der Waals surface area contributed by atoms with Crippen LogP contribution in [-0.2, 0) is 0 Å². The minimum absolute atomic E-state index is 0.251. The lowest BCUT2D eigenvalue weighted by molar-refractivity contribution is 0.0904. The first-order valence-corrected chi connectivity index (χ1v) is 5.11. The maximum absolute atomic E-state index is 11.6. The van der Waals surface area contributed by atoms with Crippen LogP contribution in [0, 0.1) is 0 Å². The summed E-state index contributed by atoms with van der Waals surface area (Å²) in [6.07, 6.45) is 0. The number of aliphatic hydroxyl groups is 1. The summed E-state index contributed by atoms with van der Waals surface area (Å²) in [4.78, 5) is 11.6. The van der Waals surface area contributed by atoms with Crippen molar-refractivity contribution >= 4 is 5.78 Å². The van der Waals surface area contributed by atoms with Crippen LogP contribution in [-0.4, -0.2) is 17.5 Å². The number of aliphatic hydroxyl groups excluding tert-OH is 1. The van der Waals surface area contributed by atoms with Gasteiger partial charge in [-0.05, 0) is 11.1 Å². The van der Waals surface area contributed by atoms with Crippen molar-refractivity contribution in [3.63, 3.8) is 0 Å². The second-order valence-corrected chi connectivity index (χ2v) is 3.49. The van der Waals surface area contributed by atoms with Gasteiger partial charge in [0.1, 0.15) is 6.61 Å². The minimum atomic E-state index is -0.455. The van der Waals surface area contributed by atoms with Crippen LogP contribution in [0.25, 0.3) is 11.1 Å². The summed E-state index contributed by atoms with van der Waals surface area (Å²) in [7, 11) is 0. The molecule has 0 aliphatic carbocycles. The molecule has 0 aromatic heterocycles. The van der Waals surface area contributed by atoms with Crippen molar-refractivity contribution in [2.24, 2.45) is 0 Å². The monoisotopic (exact) mass is 212 g/mol. The SMILES string of the molecule is O=C(CO)c1ccccc1-c1ccccc1. The Labute approximate surface area is 94.2 Å². The van der Waals surface area contributed by atoms with E-state index in [1.165, 1.54) is 0 Å². The standard InChI is InChI=1S/C14H12O2/c15-10-14(16)13-9-5-4-8-12(13)11-6-2-1-3-7-11/h1-9,15H,10H2. The topological polar surface area (TPSA) is 37.3 Å². The fraction of sp³-hybridized carbons (Fsp3) is 0.0714. The van der Waals surface area contributed by atoms with Gasteiger partial charge in [0.2, 0.25) is 0 Å².